The fraction of sp³-hybridized carbons (Fsp3) is 0.250. The Bertz CT molecular complexity index is 716. The van der Waals surface area contributed by atoms with Crippen LogP contribution in [-0.4, -0.2) is 14.5 Å². The number of imidazole rings is 1. The van der Waals surface area contributed by atoms with Gasteiger partial charge >= 0.3 is 0 Å². The SMILES string of the molecule is CCCc1nc2ccccc2n1Cc1ccc(Br)cn1. The van der Waals surface area contributed by atoms with Crippen LogP contribution in [0.15, 0.2) is 47.1 Å². The minimum atomic E-state index is 0.767. The highest BCUT2D eigenvalue weighted by molar-refractivity contribution is 9.10. The number of fused-ring (bicyclic) bond motifs is 1. The summed E-state index contributed by atoms with van der Waals surface area (Å²) in [7, 11) is 0. The lowest BCUT2D eigenvalue weighted by molar-refractivity contribution is 0.709. The van der Waals surface area contributed by atoms with Crippen molar-refractivity contribution in [3.05, 3.63) is 58.6 Å². The zero-order valence-corrected chi connectivity index (χ0v) is 13.0. The van der Waals surface area contributed by atoms with Crippen molar-refractivity contribution in [1.29, 1.82) is 0 Å². The molecular weight excluding hydrogens is 314 g/mol. The lowest BCUT2D eigenvalue weighted by atomic mass is 10.3. The second-order valence-corrected chi connectivity index (χ2v) is 5.74. The molecule has 0 radical (unpaired) electrons. The monoisotopic (exact) mass is 329 g/mol. The van der Waals surface area contributed by atoms with E-state index in [9.17, 15) is 0 Å². The maximum Gasteiger partial charge on any atom is 0.110 e. The van der Waals surface area contributed by atoms with Gasteiger partial charge in [-0.25, -0.2) is 4.98 Å². The van der Waals surface area contributed by atoms with E-state index in [2.05, 4.69) is 56.7 Å². The van der Waals surface area contributed by atoms with E-state index in [1.807, 2.05) is 18.3 Å². The predicted octanol–water partition coefficient (Wildman–Crippen LogP) is 4.19. The molecule has 0 saturated heterocycles. The van der Waals surface area contributed by atoms with Crippen LogP contribution in [0.25, 0.3) is 11.0 Å². The largest absolute Gasteiger partial charge is 0.322 e. The third kappa shape index (κ3) is 2.61. The van der Waals surface area contributed by atoms with Crippen LogP contribution in [0, 0.1) is 0 Å². The quantitative estimate of drug-likeness (QED) is 0.718. The maximum absolute atomic E-state index is 4.74. The zero-order valence-electron chi connectivity index (χ0n) is 11.4. The Labute approximate surface area is 126 Å². The number of para-hydroxylation sites is 2. The summed E-state index contributed by atoms with van der Waals surface area (Å²) in [6, 6.07) is 12.4. The number of rotatable bonds is 4. The van der Waals surface area contributed by atoms with Gasteiger partial charge in [0.1, 0.15) is 5.82 Å². The summed E-state index contributed by atoms with van der Waals surface area (Å²) in [5.41, 5.74) is 3.29. The zero-order chi connectivity index (χ0) is 13.9. The number of halogens is 1. The summed E-state index contributed by atoms with van der Waals surface area (Å²) in [6.07, 6.45) is 3.93. The van der Waals surface area contributed by atoms with E-state index in [0.29, 0.717) is 0 Å². The molecule has 102 valence electrons. The molecule has 0 fully saturated rings. The van der Waals surface area contributed by atoms with Crippen molar-refractivity contribution in [2.45, 2.75) is 26.3 Å². The molecule has 0 unspecified atom stereocenters. The predicted molar refractivity (Wildman–Crippen MR) is 84.8 cm³/mol. The standard InChI is InChI=1S/C16H16BrN3/c1-2-5-16-19-14-6-3-4-7-15(14)20(16)11-13-9-8-12(17)10-18-13/h3-4,6-10H,2,5,11H2,1H3. The van der Waals surface area contributed by atoms with Gasteiger partial charge in [0.2, 0.25) is 0 Å². The first-order valence-corrected chi connectivity index (χ1v) is 7.62. The van der Waals surface area contributed by atoms with Crippen molar-refractivity contribution in [1.82, 2.24) is 14.5 Å². The lowest BCUT2D eigenvalue weighted by Gasteiger charge is -2.08. The number of hydrogen-bond donors (Lipinski definition) is 0. The summed E-state index contributed by atoms with van der Waals surface area (Å²) < 4.78 is 3.28. The molecule has 0 spiro atoms. The second-order valence-electron chi connectivity index (χ2n) is 4.82. The number of nitrogens with zero attached hydrogens (tertiary/aromatic N) is 3. The fourth-order valence-electron chi connectivity index (χ4n) is 2.38. The number of aromatic nitrogens is 3. The van der Waals surface area contributed by atoms with Crippen molar-refractivity contribution in [3.8, 4) is 0 Å². The van der Waals surface area contributed by atoms with E-state index in [1.54, 1.807) is 0 Å². The first kappa shape index (κ1) is 13.3. The molecule has 0 aliphatic heterocycles. The average molecular weight is 330 g/mol. The lowest BCUT2D eigenvalue weighted by Crippen LogP contribution is -2.06. The molecule has 2 heterocycles. The molecule has 3 nitrogen and oxygen atoms in total. The van der Waals surface area contributed by atoms with Gasteiger partial charge in [0, 0.05) is 17.1 Å². The molecule has 3 rings (SSSR count). The Morgan fingerprint density at radius 2 is 2.00 bits per heavy atom. The number of pyridine rings is 1. The highest BCUT2D eigenvalue weighted by Crippen LogP contribution is 2.19. The summed E-state index contributed by atoms with van der Waals surface area (Å²) in [5.74, 6) is 1.14. The van der Waals surface area contributed by atoms with Crippen molar-refractivity contribution in [3.63, 3.8) is 0 Å². The van der Waals surface area contributed by atoms with E-state index >= 15 is 0 Å². The first-order valence-electron chi connectivity index (χ1n) is 6.82. The molecule has 20 heavy (non-hydrogen) atoms. The van der Waals surface area contributed by atoms with E-state index in [1.165, 1.54) is 5.52 Å². The Hall–Kier alpha value is -1.68. The molecule has 3 aromatic rings. The minimum absolute atomic E-state index is 0.767. The molecule has 0 atom stereocenters. The van der Waals surface area contributed by atoms with Crippen LogP contribution in [0.2, 0.25) is 0 Å². The van der Waals surface area contributed by atoms with Gasteiger partial charge in [-0.3, -0.25) is 4.98 Å². The molecule has 0 bridgehead atoms. The van der Waals surface area contributed by atoms with Crippen LogP contribution < -0.4 is 0 Å². The maximum atomic E-state index is 4.74. The summed E-state index contributed by atoms with van der Waals surface area (Å²) in [4.78, 5) is 9.21. The molecule has 0 aliphatic rings. The second kappa shape index (κ2) is 5.75. The highest BCUT2D eigenvalue weighted by Gasteiger charge is 2.10. The minimum Gasteiger partial charge on any atom is -0.322 e. The Kier molecular flexibility index (Phi) is 3.83. The van der Waals surface area contributed by atoms with Gasteiger partial charge in [-0.15, -0.1) is 0 Å². The van der Waals surface area contributed by atoms with Gasteiger partial charge in [0.15, 0.2) is 0 Å². The van der Waals surface area contributed by atoms with Crippen molar-refractivity contribution in [2.75, 3.05) is 0 Å². The van der Waals surface area contributed by atoms with E-state index < -0.39 is 0 Å². The third-order valence-corrected chi connectivity index (χ3v) is 3.79. The number of aryl methyl sites for hydroxylation is 1. The first-order chi connectivity index (χ1) is 9.78. The van der Waals surface area contributed by atoms with Gasteiger partial charge in [0.05, 0.1) is 23.3 Å². The smallest absolute Gasteiger partial charge is 0.110 e. The normalized spacial score (nSPS) is 11.1. The Morgan fingerprint density at radius 1 is 1.15 bits per heavy atom. The molecule has 1 aromatic carbocycles. The summed E-state index contributed by atoms with van der Waals surface area (Å²) in [6.45, 7) is 2.95. The van der Waals surface area contributed by atoms with E-state index in [0.717, 1.165) is 40.9 Å². The third-order valence-electron chi connectivity index (χ3n) is 3.32. The number of benzene rings is 1. The molecular formula is C16H16BrN3. The molecule has 2 aromatic heterocycles. The van der Waals surface area contributed by atoms with Crippen LogP contribution in [0.1, 0.15) is 24.9 Å². The molecule has 4 heteroatoms. The average Bonchev–Trinajstić information content (AvgIpc) is 2.80. The number of hydrogen-bond acceptors (Lipinski definition) is 2. The van der Waals surface area contributed by atoms with E-state index in [-0.39, 0.29) is 0 Å². The Morgan fingerprint density at radius 3 is 2.75 bits per heavy atom. The Balaban J connectivity index is 2.04. The van der Waals surface area contributed by atoms with Gasteiger partial charge in [-0.1, -0.05) is 19.1 Å². The van der Waals surface area contributed by atoms with Crippen LogP contribution >= 0.6 is 15.9 Å². The van der Waals surface area contributed by atoms with Crippen LogP contribution in [0.5, 0.6) is 0 Å². The van der Waals surface area contributed by atoms with Gasteiger partial charge in [-0.2, -0.15) is 0 Å². The van der Waals surface area contributed by atoms with Crippen molar-refractivity contribution >= 4 is 27.0 Å². The highest BCUT2D eigenvalue weighted by atomic mass is 79.9. The van der Waals surface area contributed by atoms with Gasteiger partial charge < -0.3 is 4.57 Å². The summed E-state index contributed by atoms with van der Waals surface area (Å²) >= 11 is 3.42. The van der Waals surface area contributed by atoms with Crippen molar-refractivity contribution < 1.29 is 0 Å². The molecule has 0 saturated carbocycles. The van der Waals surface area contributed by atoms with Crippen molar-refractivity contribution in [2.24, 2.45) is 0 Å². The van der Waals surface area contributed by atoms with Crippen LogP contribution in [0.4, 0.5) is 0 Å². The topological polar surface area (TPSA) is 30.7 Å². The van der Waals surface area contributed by atoms with Gasteiger partial charge in [0.25, 0.3) is 0 Å². The molecule has 0 aliphatic carbocycles. The van der Waals surface area contributed by atoms with Gasteiger partial charge in [-0.05, 0) is 46.6 Å². The van der Waals surface area contributed by atoms with Crippen LogP contribution in [-0.2, 0) is 13.0 Å². The fourth-order valence-corrected chi connectivity index (χ4v) is 2.61. The summed E-state index contributed by atoms with van der Waals surface area (Å²) in [5, 5.41) is 0. The molecule has 0 amide bonds. The van der Waals surface area contributed by atoms with Crippen LogP contribution in [0.3, 0.4) is 0 Å². The van der Waals surface area contributed by atoms with E-state index in [4.69, 9.17) is 4.98 Å². The molecule has 0 N–H and O–H groups in total.